The average Bonchev–Trinajstić information content (AvgIpc) is 2.20. The predicted octanol–water partition coefficient (Wildman–Crippen LogP) is 3.31. The third-order valence-electron chi connectivity index (χ3n) is 2.80. The van der Waals surface area contributed by atoms with Crippen LogP contribution >= 0.6 is 11.6 Å². The van der Waals surface area contributed by atoms with E-state index in [1.165, 1.54) is 6.33 Å². The molecule has 0 fully saturated rings. The smallest absolute Gasteiger partial charge is 0.137 e. The van der Waals surface area contributed by atoms with E-state index in [1.807, 2.05) is 6.92 Å². The topological polar surface area (TPSA) is 29.0 Å². The zero-order chi connectivity index (χ0) is 12.3. The highest BCUT2D eigenvalue weighted by Crippen LogP contribution is 2.24. The second-order valence-electron chi connectivity index (χ2n) is 4.70. The second-order valence-corrected chi connectivity index (χ2v) is 5.06. The number of hydrogen-bond donors (Lipinski definition) is 0. The summed E-state index contributed by atoms with van der Waals surface area (Å²) in [7, 11) is 2.05. The SMILES string of the molecule is Cc1c(Cl)ncnc1N(C)C(C)CC(C)C. The Kier molecular flexibility index (Phi) is 4.54. The molecule has 0 amide bonds. The molecule has 0 saturated carbocycles. The monoisotopic (exact) mass is 241 g/mol. The molecular formula is C12H20ClN3. The van der Waals surface area contributed by atoms with E-state index in [-0.39, 0.29) is 0 Å². The number of hydrogen-bond acceptors (Lipinski definition) is 3. The van der Waals surface area contributed by atoms with E-state index < -0.39 is 0 Å². The summed E-state index contributed by atoms with van der Waals surface area (Å²) in [5, 5.41) is 0.536. The van der Waals surface area contributed by atoms with E-state index >= 15 is 0 Å². The summed E-state index contributed by atoms with van der Waals surface area (Å²) in [5.74, 6) is 1.60. The van der Waals surface area contributed by atoms with Gasteiger partial charge in [-0.2, -0.15) is 0 Å². The number of aromatic nitrogens is 2. The number of nitrogens with zero attached hydrogens (tertiary/aromatic N) is 3. The van der Waals surface area contributed by atoms with Crippen LogP contribution in [0, 0.1) is 12.8 Å². The summed E-state index contributed by atoms with van der Waals surface area (Å²) < 4.78 is 0. The Morgan fingerprint density at radius 1 is 1.31 bits per heavy atom. The molecule has 0 aliphatic heterocycles. The molecule has 1 aromatic rings. The van der Waals surface area contributed by atoms with E-state index in [0.717, 1.165) is 17.8 Å². The van der Waals surface area contributed by atoms with Crippen molar-refractivity contribution in [1.82, 2.24) is 9.97 Å². The first-order valence-electron chi connectivity index (χ1n) is 5.63. The van der Waals surface area contributed by atoms with Crippen molar-refractivity contribution in [1.29, 1.82) is 0 Å². The zero-order valence-corrected chi connectivity index (χ0v) is 11.4. The molecule has 1 heterocycles. The lowest BCUT2D eigenvalue weighted by atomic mass is 10.0. The van der Waals surface area contributed by atoms with Gasteiger partial charge in [0, 0.05) is 18.7 Å². The molecule has 1 unspecified atom stereocenters. The molecule has 1 rings (SSSR count). The van der Waals surface area contributed by atoms with Crippen LogP contribution in [0.2, 0.25) is 5.15 Å². The van der Waals surface area contributed by atoms with Crippen molar-refractivity contribution < 1.29 is 0 Å². The maximum atomic E-state index is 5.99. The van der Waals surface area contributed by atoms with Gasteiger partial charge in [0.15, 0.2) is 0 Å². The Morgan fingerprint density at radius 3 is 2.50 bits per heavy atom. The number of anilines is 1. The molecule has 90 valence electrons. The van der Waals surface area contributed by atoms with Crippen molar-refractivity contribution in [2.24, 2.45) is 5.92 Å². The summed E-state index contributed by atoms with van der Waals surface area (Å²) in [5.41, 5.74) is 0.947. The molecule has 0 bridgehead atoms. The van der Waals surface area contributed by atoms with Gasteiger partial charge in [-0.25, -0.2) is 9.97 Å². The molecule has 0 saturated heterocycles. The van der Waals surface area contributed by atoms with Crippen LogP contribution < -0.4 is 4.90 Å². The fraction of sp³-hybridized carbons (Fsp3) is 0.667. The van der Waals surface area contributed by atoms with Crippen LogP contribution in [0.25, 0.3) is 0 Å². The number of rotatable bonds is 4. The molecule has 3 nitrogen and oxygen atoms in total. The van der Waals surface area contributed by atoms with E-state index in [2.05, 4.69) is 42.7 Å². The van der Waals surface area contributed by atoms with Gasteiger partial charge in [-0.15, -0.1) is 0 Å². The van der Waals surface area contributed by atoms with Gasteiger partial charge in [0.1, 0.15) is 17.3 Å². The van der Waals surface area contributed by atoms with Crippen molar-refractivity contribution in [3.63, 3.8) is 0 Å². The summed E-state index contributed by atoms with van der Waals surface area (Å²) >= 11 is 5.99. The Bertz CT molecular complexity index is 352. The van der Waals surface area contributed by atoms with Crippen LogP contribution in [0.15, 0.2) is 6.33 Å². The minimum atomic E-state index is 0.449. The first kappa shape index (κ1) is 13.2. The molecule has 1 aromatic heterocycles. The summed E-state index contributed by atoms with van der Waals surface area (Å²) in [6.07, 6.45) is 2.65. The van der Waals surface area contributed by atoms with E-state index in [9.17, 15) is 0 Å². The van der Waals surface area contributed by atoms with Crippen LogP contribution in [0.1, 0.15) is 32.8 Å². The first-order valence-corrected chi connectivity index (χ1v) is 6.01. The third-order valence-corrected chi connectivity index (χ3v) is 3.18. The Morgan fingerprint density at radius 2 is 1.94 bits per heavy atom. The molecule has 16 heavy (non-hydrogen) atoms. The zero-order valence-electron chi connectivity index (χ0n) is 10.7. The van der Waals surface area contributed by atoms with Gasteiger partial charge < -0.3 is 4.90 Å². The Balaban J connectivity index is 2.87. The Hall–Kier alpha value is -0.830. The molecule has 0 aliphatic rings. The summed E-state index contributed by atoms with van der Waals surface area (Å²) in [6, 6.07) is 0.449. The van der Waals surface area contributed by atoms with Gasteiger partial charge in [-0.05, 0) is 26.2 Å². The van der Waals surface area contributed by atoms with Gasteiger partial charge in [0.2, 0.25) is 0 Å². The Labute approximate surface area is 103 Å². The van der Waals surface area contributed by atoms with Gasteiger partial charge >= 0.3 is 0 Å². The maximum absolute atomic E-state index is 5.99. The van der Waals surface area contributed by atoms with Gasteiger partial charge in [-0.3, -0.25) is 0 Å². The molecule has 0 spiro atoms. The lowest BCUT2D eigenvalue weighted by Crippen LogP contribution is -2.31. The molecule has 4 heteroatoms. The highest BCUT2D eigenvalue weighted by Gasteiger charge is 2.16. The standard InChI is InChI=1S/C12H20ClN3/c1-8(2)6-9(3)16(5)12-10(4)11(13)14-7-15-12/h7-9H,6H2,1-5H3. The minimum absolute atomic E-state index is 0.449. The van der Waals surface area contributed by atoms with Crippen LogP contribution in [-0.2, 0) is 0 Å². The van der Waals surface area contributed by atoms with Crippen LogP contribution in [-0.4, -0.2) is 23.1 Å². The molecule has 0 aliphatic carbocycles. The summed E-state index contributed by atoms with van der Waals surface area (Å²) in [4.78, 5) is 10.4. The quantitative estimate of drug-likeness (QED) is 0.758. The lowest BCUT2D eigenvalue weighted by Gasteiger charge is -2.28. The van der Waals surface area contributed by atoms with Gasteiger partial charge in [-0.1, -0.05) is 25.4 Å². The molecule has 0 aromatic carbocycles. The fourth-order valence-corrected chi connectivity index (χ4v) is 1.95. The van der Waals surface area contributed by atoms with Crippen molar-refractivity contribution in [3.05, 3.63) is 17.0 Å². The van der Waals surface area contributed by atoms with Crippen LogP contribution in [0.5, 0.6) is 0 Å². The van der Waals surface area contributed by atoms with Crippen LogP contribution in [0.3, 0.4) is 0 Å². The minimum Gasteiger partial charge on any atom is -0.357 e. The first-order chi connectivity index (χ1) is 7.43. The second kappa shape index (κ2) is 5.48. The van der Waals surface area contributed by atoms with Crippen molar-refractivity contribution >= 4 is 17.4 Å². The molecule has 0 radical (unpaired) electrons. The molecule has 0 N–H and O–H groups in total. The average molecular weight is 242 g/mol. The lowest BCUT2D eigenvalue weighted by molar-refractivity contribution is 0.501. The van der Waals surface area contributed by atoms with E-state index in [1.54, 1.807) is 0 Å². The van der Waals surface area contributed by atoms with Crippen molar-refractivity contribution in [2.45, 2.75) is 40.2 Å². The largest absolute Gasteiger partial charge is 0.357 e. The molecule has 1 atom stereocenters. The fourth-order valence-electron chi connectivity index (χ4n) is 1.82. The van der Waals surface area contributed by atoms with Crippen molar-refractivity contribution in [3.8, 4) is 0 Å². The van der Waals surface area contributed by atoms with Gasteiger partial charge in [0.05, 0.1) is 0 Å². The molecular weight excluding hydrogens is 222 g/mol. The normalized spacial score (nSPS) is 12.9. The number of halogens is 1. The van der Waals surface area contributed by atoms with Gasteiger partial charge in [0.25, 0.3) is 0 Å². The highest BCUT2D eigenvalue weighted by atomic mass is 35.5. The summed E-state index contributed by atoms with van der Waals surface area (Å²) in [6.45, 7) is 8.61. The maximum Gasteiger partial charge on any atom is 0.137 e. The highest BCUT2D eigenvalue weighted by molar-refractivity contribution is 6.30. The third kappa shape index (κ3) is 3.08. The predicted molar refractivity (Wildman–Crippen MR) is 69.1 cm³/mol. The van der Waals surface area contributed by atoms with E-state index in [4.69, 9.17) is 11.6 Å². The van der Waals surface area contributed by atoms with Crippen molar-refractivity contribution in [2.75, 3.05) is 11.9 Å². The van der Waals surface area contributed by atoms with Crippen LogP contribution in [0.4, 0.5) is 5.82 Å². The van der Waals surface area contributed by atoms with E-state index in [0.29, 0.717) is 17.1 Å².